The fourth-order valence-corrected chi connectivity index (χ4v) is 3.29. The number of hydrogen-bond acceptors (Lipinski definition) is 3. The van der Waals surface area contributed by atoms with Gasteiger partial charge in [-0.25, -0.2) is 0 Å². The molecule has 0 saturated carbocycles. The smallest absolute Gasteiger partial charge is 0.253 e. The van der Waals surface area contributed by atoms with Crippen LogP contribution in [0.15, 0.2) is 28.2 Å². The molecule has 112 valence electrons. The van der Waals surface area contributed by atoms with Crippen molar-refractivity contribution in [2.24, 2.45) is 0 Å². The van der Waals surface area contributed by atoms with Gasteiger partial charge >= 0.3 is 0 Å². The minimum absolute atomic E-state index is 0.0145. The highest BCUT2D eigenvalue weighted by atomic mass is 79.9. The van der Waals surface area contributed by atoms with Crippen LogP contribution in [0.3, 0.4) is 0 Å². The predicted octanol–water partition coefficient (Wildman–Crippen LogP) is 2.60. The molecule has 2 heterocycles. The molecule has 0 radical (unpaired) electrons. The number of ether oxygens (including phenoxy) is 1. The van der Waals surface area contributed by atoms with Crippen molar-refractivity contribution in [3.05, 3.63) is 33.8 Å². The first kappa shape index (κ1) is 14.6. The molecule has 0 aromatic heterocycles. The Hall–Kier alpha value is -1.33. The van der Waals surface area contributed by atoms with E-state index >= 15 is 0 Å². The van der Waals surface area contributed by atoms with Crippen LogP contribution in [0.1, 0.15) is 24.8 Å². The van der Waals surface area contributed by atoms with E-state index in [1.807, 2.05) is 24.3 Å². The molecule has 1 atom stereocenters. The van der Waals surface area contributed by atoms with Crippen molar-refractivity contribution in [3.63, 3.8) is 0 Å². The number of fused-ring (bicyclic) bond motifs is 1. The third-order valence-electron chi connectivity index (χ3n) is 4.06. The Bertz CT molecular complexity index is 585. The summed E-state index contributed by atoms with van der Waals surface area (Å²) in [6.07, 6.45) is 4.84. The molecule has 2 aliphatic heterocycles. The molecule has 5 heteroatoms. The number of aliphatic hydroxyl groups is 1. The summed E-state index contributed by atoms with van der Waals surface area (Å²) in [4.78, 5) is 14.5. The number of rotatable bonds is 2. The maximum absolute atomic E-state index is 12.7. The van der Waals surface area contributed by atoms with E-state index in [4.69, 9.17) is 4.74 Å². The van der Waals surface area contributed by atoms with Crippen molar-refractivity contribution in [3.8, 4) is 5.75 Å². The Morgan fingerprint density at radius 3 is 3.10 bits per heavy atom. The number of benzene rings is 1. The lowest BCUT2D eigenvalue weighted by Crippen LogP contribution is -2.46. The van der Waals surface area contributed by atoms with Gasteiger partial charge in [-0.2, -0.15) is 0 Å². The fourth-order valence-electron chi connectivity index (χ4n) is 2.91. The van der Waals surface area contributed by atoms with Gasteiger partial charge in [-0.05, 0) is 43.5 Å². The van der Waals surface area contributed by atoms with Gasteiger partial charge in [-0.15, -0.1) is 0 Å². The number of carbonyl (C=O) groups excluding carboxylic acids is 1. The van der Waals surface area contributed by atoms with E-state index in [2.05, 4.69) is 15.9 Å². The first-order valence-electron chi connectivity index (χ1n) is 7.24. The molecule has 1 fully saturated rings. The zero-order valence-electron chi connectivity index (χ0n) is 11.7. The summed E-state index contributed by atoms with van der Waals surface area (Å²) in [7, 11) is 0. The van der Waals surface area contributed by atoms with Crippen molar-refractivity contribution < 1.29 is 14.6 Å². The molecule has 0 aliphatic carbocycles. The van der Waals surface area contributed by atoms with Crippen LogP contribution in [0.4, 0.5) is 0 Å². The number of carbonyl (C=O) groups is 1. The third kappa shape index (κ3) is 2.99. The molecule has 0 spiro atoms. The van der Waals surface area contributed by atoms with E-state index < -0.39 is 0 Å². The Morgan fingerprint density at radius 1 is 1.43 bits per heavy atom. The van der Waals surface area contributed by atoms with Crippen LogP contribution in [0, 0.1) is 0 Å². The number of nitrogens with zero attached hydrogens (tertiary/aromatic N) is 1. The fraction of sp³-hybridized carbons (Fsp3) is 0.438. The van der Waals surface area contributed by atoms with Crippen LogP contribution >= 0.6 is 15.9 Å². The molecule has 1 aromatic carbocycles. The van der Waals surface area contributed by atoms with Crippen LogP contribution < -0.4 is 4.74 Å². The SMILES string of the molecule is O=C(C1=Cc2cc(Br)ccc2OC1)N1CCCCC1CO. The topological polar surface area (TPSA) is 49.8 Å². The number of likely N-dealkylation sites (tertiary alicyclic amines) is 1. The molecule has 3 rings (SSSR count). The Balaban J connectivity index is 1.85. The molecule has 1 unspecified atom stereocenters. The van der Waals surface area contributed by atoms with Gasteiger partial charge in [0.2, 0.25) is 0 Å². The van der Waals surface area contributed by atoms with Gasteiger partial charge in [0.05, 0.1) is 18.2 Å². The van der Waals surface area contributed by atoms with Crippen molar-refractivity contribution in [2.75, 3.05) is 19.8 Å². The lowest BCUT2D eigenvalue weighted by Gasteiger charge is -2.35. The number of amides is 1. The van der Waals surface area contributed by atoms with E-state index in [0.717, 1.165) is 35.0 Å². The number of halogens is 1. The molecular formula is C16H18BrNO3. The molecule has 21 heavy (non-hydrogen) atoms. The summed E-state index contributed by atoms with van der Waals surface area (Å²) in [6.45, 7) is 1.04. The van der Waals surface area contributed by atoms with Crippen LogP contribution in [-0.2, 0) is 4.79 Å². The zero-order valence-corrected chi connectivity index (χ0v) is 13.3. The van der Waals surface area contributed by atoms with Gasteiger partial charge in [-0.1, -0.05) is 15.9 Å². The minimum Gasteiger partial charge on any atom is -0.488 e. The average molecular weight is 352 g/mol. The molecule has 1 saturated heterocycles. The quantitative estimate of drug-likeness (QED) is 0.890. The highest BCUT2D eigenvalue weighted by molar-refractivity contribution is 9.10. The molecule has 1 amide bonds. The number of aliphatic hydroxyl groups excluding tert-OH is 1. The molecule has 1 N–H and O–H groups in total. The third-order valence-corrected chi connectivity index (χ3v) is 4.55. The summed E-state index contributed by atoms with van der Waals surface area (Å²) >= 11 is 3.43. The second-order valence-electron chi connectivity index (χ2n) is 5.47. The maximum Gasteiger partial charge on any atom is 0.253 e. The summed E-state index contributed by atoms with van der Waals surface area (Å²) in [5.74, 6) is 0.784. The monoisotopic (exact) mass is 351 g/mol. The minimum atomic E-state index is -0.0592. The summed E-state index contributed by atoms with van der Waals surface area (Å²) in [5, 5.41) is 9.45. The summed E-state index contributed by atoms with van der Waals surface area (Å²) < 4.78 is 6.63. The Kier molecular flexibility index (Phi) is 4.31. The van der Waals surface area contributed by atoms with Gasteiger partial charge in [0.15, 0.2) is 0 Å². The van der Waals surface area contributed by atoms with Crippen LogP contribution in [-0.4, -0.2) is 41.7 Å². The molecule has 0 bridgehead atoms. The molecule has 1 aromatic rings. The van der Waals surface area contributed by atoms with Crippen LogP contribution in [0.2, 0.25) is 0 Å². The molecule has 4 nitrogen and oxygen atoms in total. The normalized spacial score (nSPS) is 21.3. The first-order valence-corrected chi connectivity index (χ1v) is 8.03. The van der Waals surface area contributed by atoms with E-state index in [-0.39, 0.29) is 18.6 Å². The lowest BCUT2D eigenvalue weighted by atomic mass is 10.00. The zero-order chi connectivity index (χ0) is 14.8. The predicted molar refractivity (Wildman–Crippen MR) is 84.1 cm³/mol. The molecule has 2 aliphatic rings. The van der Waals surface area contributed by atoms with Crippen molar-refractivity contribution in [2.45, 2.75) is 25.3 Å². The van der Waals surface area contributed by atoms with Gasteiger partial charge in [0.1, 0.15) is 12.4 Å². The standard InChI is InChI=1S/C16H18BrNO3/c17-13-4-5-15-11(8-13)7-12(10-21-15)16(20)18-6-2-1-3-14(18)9-19/h4-5,7-8,14,19H,1-3,6,9-10H2. The van der Waals surface area contributed by atoms with Gasteiger partial charge in [0, 0.05) is 16.6 Å². The van der Waals surface area contributed by atoms with E-state index in [1.54, 1.807) is 4.90 Å². The van der Waals surface area contributed by atoms with E-state index in [1.165, 1.54) is 0 Å². The van der Waals surface area contributed by atoms with Crippen molar-refractivity contribution >= 4 is 27.9 Å². The average Bonchev–Trinajstić information content (AvgIpc) is 2.53. The lowest BCUT2D eigenvalue weighted by molar-refractivity contribution is -0.132. The highest BCUT2D eigenvalue weighted by Crippen LogP contribution is 2.30. The van der Waals surface area contributed by atoms with Gasteiger partial charge < -0.3 is 14.7 Å². The van der Waals surface area contributed by atoms with Crippen LogP contribution in [0.5, 0.6) is 5.75 Å². The Morgan fingerprint density at radius 2 is 2.29 bits per heavy atom. The van der Waals surface area contributed by atoms with Crippen molar-refractivity contribution in [1.29, 1.82) is 0 Å². The highest BCUT2D eigenvalue weighted by Gasteiger charge is 2.29. The van der Waals surface area contributed by atoms with Crippen molar-refractivity contribution in [1.82, 2.24) is 4.90 Å². The van der Waals surface area contributed by atoms with E-state index in [9.17, 15) is 9.90 Å². The van der Waals surface area contributed by atoms with Crippen LogP contribution in [0.25, 0.3) is 6.08 Å². The van der Waals surface area contributed by atoms with Gasteiger partial charge in [-0.3, -0.25) is 4.79 Å². The Labute approximate surface area is 132 Å². The maximum atomic E-state index is 12.7. The summed E-state index contributed by atoms with van der Waals surface area (Å²) in [5.41, 5.74) is 1.57. The van der Waals surface area contributed by atoms with E-state index in [0.29, 0.717) is 18.7 Å². The number of piperidine rings is 1. The summed E-state index contributed by atoms with van der Waals surface area (Å²) in [6, 6.07) is 5.71. The largest absolute Gasteiger partial charge is 0.488 e. The first-order chi connectivity index (χ1) is 10.2. The second kappa shape index (κ2) is 6.20. The number of hydrogen-bond donors (Lipinski definition) is 1. The van der Waals surface area contributed by atoms with Gasteiger partial charge in [0.25, 0.3) is 5.91 Å². The second-order valence-corrected chi connectivity index (χ2v) is 6.39. The molecular weight excluding hydrogens is 334 g/mol.